The number of phenolic OH excluding ortho intramolecular Hbond substituents is 1. The first-order valence-electron chi connectivity index (χ1n) is 7.34. The van der Waals surface area contributed by atoms with E-state index in [1.165, 1.54) is 12.1 Å². The molecule has 0 spiro atoms. The van der Waals surface area contributed by atoms with E-state index in [0.29, 0.717) is 11.1 Å². The maximum Gasteiger partial charge on any atom is 0.289 e. The number of rotatable bonds is 3. The number of phenols is 1. The molecule has 3 nitrogen and oxygen atoms in total. The second-order valence-corrected chi connectivity index (χ2v) is 7.86. The van der Waals surface area contributed by atoms with Gasteiger partial charge in [-0.25, -0.2) is 8.78 Å². The van der Waals surface area contributed by atoms with Gasteiger partial charge in [-0.3, -0.25) is 0 Å². The number of nitrogens with two attached hydrogens (primary N) is 1. The molecule has 0 amide bonds. The summed E-state index contributed by atoms with van der Waals surface area (Å²) in [6.07, 6.45) is 0. The molecule has 0 bridgehead atoms. The van der Waals surface area contributed by atoms with Crippen LogP contribution in [-0.2, 0) is 10.8 Å². The van der Waals surface area contributed by atoms with Crippen molar-refractivity contribution in [1.82, 2.24) is 0 Å². The maximum atomic E-state index is 13.8. The van der Waals surface area contributed by atoms with E-state index in [4.69, 9.17) is 10.8 Å². The van der Waals surface area contributed by atoms with Gasteiger partial charge in [-0.15, -0.1) is 12.4 Å². The number of hydrogen-bond donors (Lipinski definition) is 3. The minimum absolute atomic E-state index is 0. The van der Waals surface area contributed by atoms with Crippen LogP contribution in [0.2, 0.25) is 0 Å². The highest BCUT2D eigenvalue weighted by atomic mass is 35.5. The quantitative estimate of drug-likeness (QED) is 0.770. The molecule has 1 aromatic carbocycles. The predicted molar refractivity (Wildman–Crippen MR) is 91.7 cm³/mol. The lowest BCUT2D eigenvalue weighted by Crippen LogP contribution is -2.36. The SMILES string of the molecule is CC(C)(C)c1cc([C@H](N)C(F)(F)CO)cc(C(C)(C)C)c1O.Cl. The van der Waals surface area contributed by atoms with E-state index in [-0.39, 0.29) is 23.7 Å². The van der Waals surface area contributed by atoms with Crippen molar-refractivity contribution in [2.45, 2.75) is 64.3 Å². The van der Waals surface area contributed by atoms with Gasteiger partial charge in [0, 0.05) is 0 Å². The molecule has 0 aliphatic rings. The maximum absolute atomic E-state index is 13.8. The first-order valence-corrected chi connectivity index (χ1v) is 7.34. The largest absolute Gasteiger partial charge is 0.507 e. The number of benzene rings is 1. The molecule has 0 heterocycles. The zero-order chi connectivity index (χ0) is 17.5. The molecule has 134 valence electrons. The molecule has 0 unspecified atom stereocenters. The highest BCUT2D eigenvalue weighted by Crippen LogP contribution is 2.42. The number of halogens is 3. The van der Waals surface area contributed by atoms with E-state index in [2.05, 4.69) is 0 Å². The lowest BCUT2D eigenvalue weighted by Gasteiger charge is -2.30. The molecular weight excluding hydrogens is 324 g/mol. The Morgan fingerprint density at radius 1 is 1.00 bits per heavy atom. The Hall–Kier alpha value is -0.910. The van der Waals surface area contributed by atoms with Crippen molar-refractivity contribution in [1.29, 1.82) is 0 Å². The fraction of sp³-hybridized carbons (Fsp3) is 0.647. The van der Waals surface area contributed by atoms with E-state index in [1.54, 1.807) is 0 Å². The molecule has 6 heteroatoms. The van der Waals surface area contributed by atoms with E-state index in [1.807, 2.05) is 41.5 Å². The first-order chi connectivity index (χ1) is 9.71. The van der Waals surface area contributed by atoms with Crippen LogP contribution in [0, 0.1) is 0 Å². The standard InChI is InChI=1S/C17H27F2NO2.ClH/c1-15(2,3)11-7-10(14(20)17(18,19)9-21)8-12(13(11)22)16(4,5)6;/h7-8,14,21-22H,9,20H2,1-6H3;1H/t14-;/m0./s1. The number of hydrogen-bond acceptors (Lipinski definition) is 3. The van der Waals surface area contributed by atoms with E-state index >= 15 is 0 Å². The molecule has 1 atom stereocenters. The van der Waals surface area contributed by atoms with Gasteiger partial charge in [-0.05, 0) is 39.7 Å². The molecule has 4 N–H and O–H groups in total. The number of aromatic hydroxyl groups is 1. The zero-order valence-electron chi connectivity index (χ0n) is 14.6. The van der Waals surface area contributed by atoms with Gasteiger partial charge in [-0.2, -0.15) is 0 Å². The highest BCUT2D eigenvalue weighted by Gasteiger charge is 2.39. The van der Waals surface area contributed by atoms with Crippen LogP contribution >= 0.6 is 12.4 Å². The van der Waals surface area contributed by atoms with E-state index in [0.717, 1.165) is 0 Å². The Labute approximate surface area is 143 Å². The van der Waals surface area contributed by atoms with Crippen molar-refractivity contribution in [3.63, 3.8) is 0 Å². The molecule has 0 saturated heterocycles. The molecule has 0 aliphatic carbocycles. The van der Waals surface area contributed by atoms with Crippen molar-refractivity contribution >= 4 is 12.4 Å². The van der Waals surface area contributed by atoms with Crippen LogP contribution in [0.25, 0.3) is 0 Å². The summed E-state index contributed by atoms with van der Waals surface area (Å²) in [4.78, 5) is 0. The molecule has 1 aromatic rings. The molecule has 1 rings (SSSR count). The Kier molecular flexibility index (Phi) is 6.64. The third-order valence-corrected chi connectivity index (χ3v) is 3.77. The summed E-state index contributed by atoms with van der Waals surface area (Å²) in [5.41, 5.74) is 6.17. The van der Waals surface area contributed by atoms with Crippen LogP contribution in [0.4, 0.5) is 8.78 Å². The van der Waals surface area contributed by atoms with Gasteiger partial charge in [0.1, 0.15) is 12.4 Å². The number of aliphatic hydroxyl groups is 1. The van der Waals surface area contributed by atoms with Crippen LogP contribution in [0.15, 0.2) is 12.1 Å². The summed E-state index contributed by atoms with van der Waals surface area (Å²) in [5.74, 6) is -3.30. The molecule has 0 aliphatic heterocycles. The minimum Gasteiger partial charge on any atom is -0.507 e. The molecule has 0 saturated carbocycles. The van der Waals surface area contributed by atoms with Crippen molar-refractivity contribution < 1.29 is 19.0 Å². The first kappa shape index (κ1) is 22.1. The summed E-state index contributed by atoms with van der Waals surface area (Å²) >= 11 is 0. The Bertz CT molecular complexity index is 513. The number of alkyl halides is 2. The zero-order valence-corrected chi connectivity index (χ0v) is 15.4. The summed E-state index contributed by atoms with van der Waals surface area (Å²) in [5, 5.41) is 19.4. The smallest absolute Gasteiger partial charge is 0.289 e. The fourth-order valence-corrected chi connectivity index (χ4v) is 2.32. The predicted octanol–water partition coefficient (Wildman–Crippen LogP) is 4.04. The van der Waals surface area contributed by atoms with Crippen LogP contribution in [0.1, 0.15) is 64.3 Å². The lowest BCUT2D eigenvalue weighted by molar-refractivity contribution is -0.0712. The minimum atomic E-state index is -3.42. The summed E-state index contributed by atoms with van der Waals surface area (Å²) in [6, 6.07) is 1.40. The van der Waals surface area contributed by atoms with Crippen LogP contribution in [0.5, 0.6) is 5.75 Å². The number of aliphatic hydroxyl groups excluding tert-OH is 1. The normalized spacial score (nSPS) is 14.3. The molecule has 0 fully saturated rings. The topological polar surface area (TPSA) is 66.5 Å². The Balaban J connectivity index is 0.00000484. The summed E-state index contributed by atoms with van der Waals surface area (Å²) in [7, 11) is 0. The van der Waals surface area contributed by atoms with Gasteiger partial charge in [0.2, 0.25) is 0 Å². The Morgan fingerprint density at radius 3 is 1.61 bits per heavy atom. The van der Waals surface area contributed by atoms with Crippen molar-refractivity contribution in [3.8, 4) is 5.75 Å². The second-order valence-electron chi connectivity index (χ2n) is 7.86. The van der Waals surface area contributed by atoms with E-state index < -0.39 is 29.4 Å². The highest BCUT2D eigenvalue weighted by molar-refractivity contribution is 5.85. The summed E-state index contributed by atoms with van der Waals surface area (Å²) < 4.78 is 27.5. The third-order valence-electron chi connectivity index (χ3n) is 3.77. The summed E-state index contributed by atoms with van der Waals surface area (Å²) in [6.45, 7) is 10.1. The third kappa shape index (κ3) is 4.78. The van der Waals surface area contributed by atoms with Crippen molar-refractivity contribution in [3.05, 3.63) is 28.8 Å². The average Bonchev–Trinajstić information content (AvgIpc) is 2.35. The molecule has 0 radical (unpaired) electrons. The molecule has 23 heavy (non-hydrogen) atoms. The second kappa shape index (κ2) is 6.91. The molecular formula is C17H28ClF2NO2. The average molecular weight is 352 g/mol. The fourth-order valence-electron chi connectivity index (χ4n) is 2.32. The lowest BCUT2D eigenvalue weighted by atomic mass is 9.77. The van der Waals surface area contributed by atoms with Gasteiger partial charge in [0.25, 0.3) is 5.92 Å². The van der Waals surface area contributed by atoms with Gasteiger partial charge in [-0.1, -0.05) is 41.5 Å². The van der Waals surface area contributed by atoms with Crippen LogP contribution < -0.4 is 5.73 Å². The van der Waals surface area contributed by atoms with Crippen molar-refractivity contribution in [2.75, 3.05) is 6.61 Å². The van der Waals surface area contributed by atoms with Gasteiger partial charge in [0.15, 0.2) is 0 Å². The van der Waals surface area contributed by atoms with Crippen LogP contribution in [0.3, 0.4) is 0 Å². The van der Waals surface area contributed by atoms with Crippen LogP contribution in [-0.4, -0.2) is 22.7 Å². The van der Waals surface area contributed by atoms with E-state index in [9.17, 15) is 13.9 Å². The monoisotopic (exact) mass is 351 g/mol. The Morgan fingerprint density at radius 2 is 1.35 bits per heavy atom. The van der Waals surface area contributed by atoms with Gasteiger partial charge >= 0.3 is 0 Å². The molecule has 0 aromatic heterocycles. The van der Waals surface area contributed by atoms with Crippen molar-refractivity contribution in [2.24, 2.45) is 5.73 Å². The van der Waals surface area contributed by atoms with Gasteiger partial charge < -0.3 is 15.9 Å². The van der Waals surface area contributed by atoms with Gasteiger partial charge in [0.05, 0.1) is 6.04 Å².